The Bertz CT molecular complexity index is 552. The summed E-state index contributed by atoms with van der Waals surface area (Å²) in [6, 6.07) is 1.59. The first-order valence-corrected chi connectivity index (χ1v) is 7.33. The molecule has 0 spiro atoms. The lowest BCUT2D eigenvalue weighted by atomic mass is 9.56. The summed E-state index contributed by atoms with van der Waals surface area (Å²) >= 11 is 1.22. The highest BCUT2D eigenvalue weighted by Crippen LogP contribution is 2.51. The van der Waals surface area contributed by atoms with Crippen molar-refractivity contribution in [2.75, 3.05) is 7.11 Å². The van der Waals surface area contributed by atoms with Crippen molar-refractivity contribution in [3.63, 3.8) is 0 Å². The molecule has 2 rings (SSSR count). The maximum atomic E-state index is 12.2. The monoisotopic (exact) mass is 296 g/mol. The van der Waals surface area contributed by atoms with E-state index in [4.69, 9.17) is 10.5 Å². The number of ether oxygens (including phenoxy) is 1. The van der Waals surface area contributed by atoms with Gasteiger partial charge >= 0.3 is 0 Å². The number of rotatable bonds is 4. The van der Waals surface area contributed by atoms with E-state index in [9.17, 15) is 9.59 Å². The van der Waals surface area contributed by atoms with Gasteiger partial charge in [0.2, 0.25) is 5.91 Å². The highest BCUT2D eigenvalue weighted by Gasteiger charge is 2.58. The third-order valence-corrected chi connectivity index (χ3v) is 5.62. The standard InChI is InChI=1S/C14H20N2O3S/c1-13(2)10(6-14(13,3)19-4)16-12(18)9-5-8(7-20-9)11(15)17/h5,7,10H,6H2,1-4H3,(H2,15,17)(H,16,18)/t10-,14-/m1/s1. The quantitative estimate of drug-likeness (QED) is 0.888. The van der Waals surface area contributed by atoms with Crippen LogP contribution in [0.4, 0.5) is 0 Å². The largest absolute Gasteiger partial charge is 0.378 e. The highest BCUT2D eigenvalue weighted by molar-refractivity contribution is 7.12. The molecule has 0 unspecified atom stereocenters. The molecule has 0 saturated heterocycles. The lowest BCUT2D eigenvalue weighted by Crippen LogP contribution is -2.68. The summed E-state index contributed by atoms with van der Waals surface area (Å²) in [6.45, 7) is 6.20. The molecule has 1 aromatic rings. The van der Waals surface area contributed by atoms with E-state index in [1.165, 1.54) is 17.4 Å². The molecule has 110 valence electrons. The van der Waals surface area contributed by atoms with E-state index < -0.39 is 5.91 Å². The number of hydrogen-bond acceptors (Lipinski definition) is 4. The zero-order valence-electron chi connectivity index (χ0n) is 12.1. The van der Waals surface area contributed by atoms with Crippen LogP contribution in [0.1, 0.15) is 47.2 Å². The number of nitrogens with one attached hydrogen (secondary N) is 1. The van der Waals surface area contributed by atoms with Crippen LogP contribution in [0, 0.1) is 5.41 Å². The first-order valence-electron chi connectivity index (χ1n) is 6.45. The van der Waals surface area contributed by atoms with E-state index in [0.717, 1.165) is 6.42 Å². The van der Waals surface area contributed by atoms with Crippen molar-refractivity contribution >= 4 is 23.2 Å². The molecule has 1 aromatic heterocycles. The molecule has 0 radical (unpaired) electrons. The summed E-state index contributed by atoms with van der Waals surface area (Å²) in [4.78, 5) is 23.7. The lowest BCUT2D eigenvalue weighted by Gasteiger charge is -2.59. The van der Waals surface area contributed by atoms with Crippen LogP contribution in [0.3, 0.4) is 0 Å². The summed E-state index contributed by atoms with van der Waals surface area (Å²) < 4.78 is 5.53. The summed E-state index contributed by atoms with van der Waals surface area (Å²) in [5.74, 6) is -0.685. The summed E-state index contributed by atoms with van der Waals surface area (Å²) in [5, 5.41) is 4.60. The average molecular weight is 296 g/mol. The second-order valence-electron chi connectivity index (χ2n) is 5.95. The van der Waals surface area contributed by atoms with E-state index >= 15 is 0 Å². The van der Waals surface area contributed by atoms with Crippen LogP contribution < -0.4 is 11.1 Å². The predicted octanol–water partition coefficient (Wildman–Crippen LogP) is 1.78. The van der Waals surface area contributed by atoms with E-state index in [0.29, 0.717) is 10.4 Å². The lowest BCUT2D eigenvalue weighted by molar-refractivity contribution is -0.177. The molecule has 3 N–H and O–H groups in total. The minimum atomic E-state index is -0.517. The van der Waals surface area contributed by atoms with Crippen molar-refractivity contribution in [1.29, 1.82) is 0 Å². The molecule has 1 saturated carbocycles. The van der Waals surface area contributed by atoms with Crippen molar-refractivity contribution in [2.24, 2.45) is 11.1 Å². The normalized spacial score (nSPS) is 27.7. The molecule has 6 heteroatoms. The van der Waals surface area contributed by atoms with E-state index in [-0.39, 0.29) is 23.0 Å². The Labute approximate surface area is 122 Å². The van der Waals surface area contributed by atoms with Crippen molar-refractivity contribution in [3.05, 3.63) is 21.9 Å². The van der Waals surface area contributed by atoms with E-state index in [2.05, 4.69) is 19.2 Å². The van der Waals surface area contributed by atoms with Gasteiger partial charge in [-0.05, 0) is 19.4 Å². The molecular weight excluding hydrogens is 276 g/mol. The third-order valence-electron chi connectivity index (χ3n) is 4.69. The van der Waals surface area contributed by atoms with Crippen LogP contribution in [0.15, 0.2) is 11.4 Å². The molecule has 5 nitrogen and oxygen atoms in total. The van der Waals surface area contributed by atoms with Crippen LogP contribution >= 0.6 is 11.3 Å². The summed E-state index contributed by atoms with van der Waals surface area (Å²) in [6.07, 6.45) is 0.774. The summed E-state index contributed by atoms with van der Waals surface area (Å²) in [7, 11) is 1.69. The van der Waals surface area contributed by atoms with Gasteiger partial charge < -0.3 is 15.8 Å². The Morgan fingerprint density at radius 2 is 2.10 bits per heavy atom. The fourth-order valence-electron chi connectivity index (χ4n) is 2.54. The van der Waals surface area contributed by atoms with Gasteiger partial charge in [0.05, 0.1) is 16.0 Å². The molecule has 2 atom stereocenters. The number of carbonyl (C=O) groups excluding carboxylic acids is 2. The fourth-order valence-corrected chi connectivity index (χ4v) is 3.34. The number of nitrogens with two attached hydrogens (primary N) is 1. The molecule has 0 bridgehead atoms. The minimum absolute atomic E-state index is 0.0547. The Balaban J connectivity index is 2.04. The van der Waals surface area contributed by atoms with Gasteiger partial charge in [-0.1, -0.05) is 13.8 Å². The minimum Gasteiger partial charge on any atom is -0.378 e. The average Bonchev–Trinajstić information content (AvgIpc) is 2.87. The molecule has 0 aliphatic heterocycles. The number of carbonyl (C=O) groups is 2. The van der Waals surface area contributed by atoms with Crippen molar-refractivity contribution in [3.8, 4) is 0 Å². The van der Waals surface area contributed by atoms with Gasteiger partial charge in [-0.2, -0.15) is 0 Å². The SMILES string of the molecule is CO[C@]1(C)C[C@@H](NC(=O)c2cc(C(N)=O)cs2)C1(C)C. The number of amides is 2. The fraction of sp³-hybridized carbons (Fsp3) is 0.571. The molecule has 1 aliphatic rings. The van der Waals surface area contributed by atoms with Crippen LogP contribution in [0.25, 0.3) is 0 Å². The molecule has 0 aromatic carbocycles. The van der Waals surface area contributed by atoms with Gasteiger partial charge in [-0.3, -0.25) is 9.59 Å². The maximum Gasteiger partial charge on any atom is 0.261 e. The van der Waals surface area contributed by atoms with Crippen LogP contribution in [0.2, 0.25) is 0 Å². The van der Waals surface area contributed by atoms with Crippen LogP contribution in [-0.2, 0) is 4.74 Å². The number of methoxy groups -OCH3 is 1. The molecule has 2 amide bonds. The Kier molecular flexibility index (Phi) is 3.64. The van der Waals surface area contributed by atoms with E-state index in [1.807, 2.05) is 6.92 Å². The molecular formula is C14H20N2O3S. The van der Waals surface area contributed by atoms with Crippen molar-refractivity contribution < 1.29 is 14.3 Å². The first kappa shape index (κ1) is 15.0. The predicted molar refractivity (Wildman–Crippen MR) is 77.9 cm³/mol. The van der Waals surface area contributed by atoms with Gasteiger partial charge in [0, 0.05) is 23.9 Å². The third kappa shape index (κ3) is 2.23. The van der Waals surface area contributed by atoms with Gasteiger partial charge in [0.15, 0.2) is 0 Å². The molecule has 1 heterocycles. The number of thiophene rings is 1. The zero-order valence-corrected chi connectivity index (χ0v) is 13.0. The van der Waals surface area contributed by atoms with Crippen LogP contribution in [0.5, 0.6) is 0 Å². The Morgan fingerprint density at radius 3 is 2.55 bits per heavy atom. The topological polar surface area (TPSA) is 81.4 Å². The van der Waals surface area contributed by atoms with Gasteiger partial charge in [0.1, 0.15) is 0 Å². The molecule has 20 heavy (non-hydrogen) atoms. The maximum absolute atomic E-state index is 12.2. The number of primary amides is 1. The van der Waals surface area contributed by atoms with Gasteiger partial charge in [-0.25, -0.2) is 0 Å². The highest BCUT2D eigenvalue weighted by atomic mass is 32.1. The first-order chi connectivity index (χ1) is 9.21. The Hall–Kier alpha value is -1.40. The van der Waals surface area contributed by atoms with Crippen molar-refractivity contribution in [1.82, 2.24) is 5.32 Å². The number of hydrogen-bond donors (Lipinski definition) is 2. The second-order valence-corrected chi connectivity index (χ2v) is 6.86. The molecule has 1 fully saturated rings. The zero-order chi connectivity index (χ0) is 15.1. The van der Waals surface area contributed by atoms with Crippen LogP contribution in [-0.4, -0.2) is 30.6 Å². The van der Waals surface area contributed by atoms with E-state index in [1.54, 1.807) is 12.5 Å². The molecule has 1 aliphatic carbocycles. The smallest absolute Gasteiger partial charge is 0.261 e. The Morgan fingerprint density at radius 1 is 1.45 bits per heavy atom. The summed E-state index contributed by atoms with van der Waals surface area (Å²) in [5.41, 5.74) is 5.19. The second kappa shape index (κ2) is 4.86. The van der Waals surface area contributed by atoms with Gasteiger partial charge in [0.25, 0.3) is 5.91 Å². The van der Waals surface area contributed by atoms with Crippen molar-refractivity contribution in [2.45, 2.75) is 38.8 Å². The van der Waals surface area contributed by atoms with Gasteiger partial charge in [-0.15, -0.1) is 11.3 Å².